The number of nitrogens with zero attached hydrogens (tertiary/aromatic N) is 2. The molecule has 4 rings (SSSR count). The lowest BCUT2D eigenvalue weighted by molar-refractivity contribution is 0.336. The standard InChI is InChI=1S/C24H28N2O2/c1-7-24(6,8-2)23-26-19-12-18-20(13-21(19)28-23)27-22(25-18)16-9-10-17(14(3)4)15(5)11-16/h9-14H,7-8H2,1-6H3. The Morgan fingerprint density at radius 1 is 0.929 bits per heavy atom. The van der Waals surface area contributed by atoms with Gasteiger partial charge in [-0.2, -0.15) is 0 Å². The van der Waals surface area contributed by atoms with Gasteiger partial charge in [0.15, 0.2) is 11.2 Å². The van der Waals surface area contributed by atoms with E-state index in [9.17, 15) is 0 Å². The summed E-state index contributed by atoms with van der Waals surface area (Å²) >= 11 is 0. The second-order valence-electron chi connectivity index (χ2n) is 8.32. The summed E-state index contributed by atoms with van der Waals surface area (Å²) in [5, 5.41) is 0. The van der Waals surface area contributed by atoms with Gasteiger partial charge in [-0.15, -0.1) is 0 Å². The highest BCUT2D eigenvalue weighted by Crippen LogP contribution is 2.35. The van der Waals surface area contributed by atoms with Crippen molar-refractivity contribution < 1.29 is 8.83 Å². The van der Waals surface area contributed by atoms with Crippen molar-refractivity contribution in [3.8, 4) is 11.5 Å². The molecule has 4 heteroatoms. The molecule has 0 radical (unpaired) electrons. The molecular weight excluding hydrogens is 348 g/mol. The van der Waals surface area contributed by atoms with E-state index in [0.717, 1.165) is 46.5 Å². The van der Waals surface area contributed by atoms with Gasteiger partial charge in [-0.05, 0) is 55.0 Å². The van der Waals surface area contributed by atoms with E-state index >= 15 is 0 Å². The molecule has 2 aromatic carbocycles. The first-order chi connectivity index (χ1) is 13.3. The van der Waals surface area contributed by atoms with Crippen LogP contribution in [0.1, 0.15) is 70.4 Å². The van der Waals surface area contributed by atoms with Crippen LogP contribution in [0.25, 0.3) is 33.7 Å². The summed E-state index contributed by atoms with van der Waals surface area (Å²) in [4.78, 5) is 9.47. The Labute approximate surface area is 166 Å². The third-order valence-electron chi connectivity index (χ3n) is 6.11. The first-order valence-corrected chi connectivity index (χ1v) is 10.2. The Bertz CT molecular complexity index is 1100. The van der Waals surface area contributed by atoms with Gasteiger partial charge in [0.25, 0.3) is 0 Å². The molecule has 0 fully saturated rings. The van der Waals surface area contributed by atoms with E-state index in [2.05, 4.69) is 59.7 Å². The molecule has 0 aliphatic carbocycles. The molecule has 0 amide bonds. The third-order valence-corrected chi connectivity index (χ3v) is 6.11. The van der Waals surface area contributed by atoms with Gasteiger partial charge < -0.3 is 8.83 Å². The van der Waals surface area contributed by atoms with E-state index < -0.39 is 0 Å². The summed E-state index contributed by atoms with van der Waals surface area (Å²) in [6.45, 7) is 13.1. The summed E-state index contributed by atoms with van der Waals surface area (Å²) in [5.74, 6) is 1.93. The number of benzene rings is 2. The van der Waals surface area contributed by atoms with E-state index in [4.69, 9.17) is 18.8 Å². The third kappa shape index (κ3) is 3.01. The average molecular weight is 377 g/mol. The monoisotopic (exact) mass is 376 g/mol. The number of aromatic nitrogens is 2. The second-order valence-corrected chi connectivity index (χ2v) is 8.32. The fourth-order valence-electron chi connectivity index (χ4n) is 3.74. The van der Waals surface area contributed by atoms with Gasteiger partial charge in [0, 0.05) is 17.0 Å². The normalized spacial score (nSPS) is 12.5. The Morgan fingerprint density at radius 3 is 2.25 bits per heavy atom. The smallest absolute Gasteiger partial charge is 0.227 e. The fraction of sp³-hybridized carbons (Fsp3) is 0.417. The number of hydrogen-bond donors (Lipinski definition) is 0. The van der Waals surface area contributed by atoms with Gasteiger partial charge in [-0.1, -0.05) is 40.7 Å². The first kappa shape index (κ1) is 18.7. The SMILES string of the molecule is CCC(C)(CC)c1nc2cc3nc(-c4ccc(C(C)C)c(C)c4)oc3cc2o1. The molecule has 4 nitrogen and oxygen atoms in total. The van der Waals surface area contributed by atoms with Gasteiger partial charge in [0.2, 0.25) is 11.8 Å². The van der Waals surface area contributed by atoms with Crippen LogP contribution in [0.3, 0.4) is 0 Å². The van der Waals surface area contributed by atoms with Crippen LogP contribution in [0.2, 0.25) is 0 Å². The van der Waals surface area contributed by atoms with Crippen molar-refractivity contribution in [2.45, 2.75) is 65.7 Å². The number of fused-ring (bicyclic) bond motifs is 2. The second kappa shape index (κ2) is 6.77. The van der Waals surface area contributed by atoms with Crippen LogP contribution in [0, 0.1) is 6.92 Å². The number of rotatable bonds is 5. The van der Waals surface area contributed by atoms with Crippen molar-refractivity contribution in [3.05, 3.63) is 47.3 Å². The Balaban J connectivity index is 1.77. The summed E-state index contributed by atoms with van der Waals surface area (Å²) in [6, 6.07) is 10.3. The maximum atomic E-state index is 6.10. The van der Waals surface area contributed by atoms with E-state index in [1.54, 1.807) is 0 Å². The maximum Gasteiger partial charge on any atom is 0.227 e. The molecule has 146 valence electrons. The summed E-state index contributed by atoms with van der Waals surface area (Å²) in [7, 11) is 0. The fourth-order valence-corrected chi connectivity index (χ4v) is 3.74. The Hall–Kier alpha value is -2.62. The van der Waals surface area contributed by atoms with Gasteiger partial charge in [-0.25, -0.2) is 9.97 Å². The number of aryl methyl sites for hydroxylation is 1. The van der Waals surface area contributed by atoms with Crippen LogP contribution < -0.4 is 0 Å². The van der Waals surface area contributed by atoms with Crippen molar-refractivity contribution in [3.63, 3.8) is 0 Å². The lowest BCUT2D eigenvalue weighted by atomic mass is 9.85. The molecular formula is C24H28N2O2. The molecule has 0 spiro atoms. The van der Waals surface area contributed by atoms with Crippen molar-refractivity contribution >= 4 is 22.2 Å². The molecule has 0 aliphatic rings. The molecule has 0 saturated heterocycles. The van der Waals surface area contributed by atoms with Crippen LogP contribution in [0.4, 0.5) is 0 Å². The molecule has 0 N–H and O–H groups in total. The highest BCUT2D eigenvalue weighted by Gasteiger charge is 2.28. The van der Waals surface area contributed by atoms with E-state index in [-0.39, 0.29) is 5.41 Å². The van der Waals surface area contributed by atoms with E-state index in [1.807, 2.05) is 12.1 Å². The minimum absolute atomic E-state index is 0.0472. The minimum Gasteiger partial charge on any atom is -0.440 e. The van der Waals surface area contributed by atoms with E-state index in [0.29, 0.717) is 11.8 Å². The van der Waals surface area contributed by atoms with Crippen molar-refractivity contribution in [2.75, 3.05) is 0 Å². The molecule has 0 bridgehead atoms. The Morgan fingerprint density at radius 2 is 1.61 bits per heavy atom. The summed E-state index contributed by atoms with van der Waals surface area (Å²) in [5.41, 5.74) is 6.68. The topological polar surface area (TPSA) is 52.1 Å². The lowest BCUT2D eigenvalue weighted by Gasteiger charge is -2.21. The van der Waals surface area contributed by atoms with Gasteiger partial charge in [0.05, 0.1) is 0 Å². The molecule has 0 aliphatic heterocycles. The van der Waals surface area contributed by atoms with Crippen LogP contribution >= 0.6 is 0 Å². The molecule has 2 aromatic heterocycles. The zero-order valence-corrected chi connectivity index (χ0v) is 17.6. The van der Waals surface area contributed by atoms with Crippen LogP contribution in [0.5, 0.6) is 0 Å². The van der Waals surface area contributed by atoms with Crippen molar-refractivity contribution in [2.24, 2.45) is 0 Å². The molecule has 4 aromatic rings. The summed E-state index contributed by atoms with van der Waals surface area (Å²) < 4.78 is 12.2. The van der Waals surface area contributed by atoms with Crippen molar-refractivity contribution in [1.82, 2.24) is 9.97 Å². The zero-order chi connectivity index (χ0) is 20.1. The number of oxazole rings is 2. The van der Waals surface area contributed by atoms with E-state index in [1.165, 1.54) is 11.1 Å². The van der Waals surface area contributed by atoms with Crippen LogP contribution in [-0.2, 0) is 5.41 Å². The maximum absolute atomic E-state index is 6.10. The molecule has 0 atom stereocenters. The lowest BCUT2D eigenvalue weighted by Crippen LogP contribution is -2.19. The predicted octanol–water partition coefficient (Wildman–Crippen LogP) is 7.15. The quantitative estimate of drug-likeness (QED) is 0.371. The largest absolute Gasteiger partial charge is 0.440 e. The van der Waals surface area contributed by atoms with Crippen LogP contribution in [-0.4, -0.2) is 9.97 Å². The first-order valence-electron chi connectivity index (χ1n) is 10.2. The number of hydrogen-bond acceptors (Lipinski definition) is 4. The molecule has 0 saturated carbocycles. The highest BCUT2D eigenvalue weighted by atomic mass is 16.4. The van der Waals surface area contributed by atoms with Crippen molar-refractivity contribution in [1.29, 1.82) is 0 Å². The molecule has 2 heterocycles. The highest BCUT2D eigenvalue weighted by molar-refractivity contribution is 5.90. The molecule has 0 unspecified atom stereocenters. The summed E-state index contributed by atoms with van der Waals surface area (Å²) in [6.07, 6.45) is 1.97. The Kier molecular flexibility index (Phi) is 4.53. The average Bonchev–Trinajstić information content (AvgIpc) is 3.28. The van der Waals surface area contributed by atoms with Crippen LogP contribution in [0.15, 0.2) is 39.2 Å². The minimum atomic E-state index is -0.0472. The zero-order valence-electron chi connectivity index (χ0n) is 17.6. The van der Waals surface area contributed by atoms with Gasteiger partial charge in [0.1, 0.15) is 11.0 Å². The van der Waals surface area contributed by atoms with Gasteiger partial charge >= 0.3 is 0 Å². The molecule has 28 heavy (non-hydrogen) atoms. The van der Waals surface area contributed by atoms with Gasteiger partial charge in [-0.3, -0.25) is 0 Å². The predicted molar refractivity (Wildman–Crippen MR) is 114 cm³/mol.